The van der Waals surface area contributed by atoms with Gasteiger partial charge in [0.2, 0.25) is 0 Å². The number of fused-ring (bicyclic) bond motifs is 1. The maximum Gasteiger partial charge on any atom is 0.341 e. The molecule has 1 aliphatic carbocycles. The molecule has 5 nitrogen and oxygen atoms in total. The Morgan fingerprint density at radius 1 is 1.39 bits per heavy atom. The van der Waals surface area contributed by atoms with Crippen LogP contribution in [-0.4, -0.2) is 12.6 Å². The van der Waals surface area contributed by atoms with E-state index < -0.39 is 0 Å². The first kappa shape index (κ1) is 13.0. The monoisotopic (exact) mass is 267 g/mol. The van der Waals surface area contributed by atoms with Crippen molar-refractivity contribution in [3.05, 3.63) is 16.0 Å². The summed E-state index contributed by atoms with van der Waals surface area (Å²) in [7, 11) is 0. The maximum absolute atomic E-state index is 12.0. The summed E-state index contributed by atoms with van der Waals surface area (Å²) in [5, 5.41) is 7.76. The Bertz CT molecular complexity index is 468. The van der Waals surface area contributed by atoms with E-state index in [0.29, 0.717) is 17.2 Å². The lowest BCUT2D eigenvalue weighted by atomic mass is 10.1. The molecule has 0 saturated heterocycles. The van der Waals surface area contributed by atoms with Gasteiger partial charge in [0.1, 0.15) is 5.56 Å². The first-order valence-electron chi connectivity index (χ1n) is 6.20. The van der Waals surface area contributed by atoms with Crippen molar-refractivity contribution in [2.45, 2.75) is 39.0 Å². The molecule has 2 rings (SSSR count). The van der Waals surface area contributed by atoms with E-state index in [1.165, 1.54) is 22.6 Å². The zero-order valence-corrected chi connectivity index (χ0v) is 11.3. The summed E-state index contributed by atoms with van der Waals surface area (Å²) in [4.78, 5) is 13.3. The highest BCUT2D eigenvalue weighted by Crippen LogP contribution is 2.39. The minimum absolute atomic E-state index is 0.306. The van der Waals surface area contributed by atoms with Crippen molar-refractivity contribution in [3.8, 4) is 0 Å². The summed E-state index contributed by atoms with van der Waals surface area (Å²) >= 11 is 1.51. The fraction of sp³-hybridized carbons (Fsp3) is 0.583. The largest absolute Gasteiger partial charge is 0.462 e. The molecule has 0 saturated carbocycles. The Labute approximate surface area is 110 Å². The highest BCUT2D eigenvalue weighted by molar-refractivity contribution is 7.16. The van der Waals surface area contributed by atoms with Crippen molar-refractivity contribution < 1.29 is 9.53 Å². The van der Waals surface area contributed by atoms with Gasteiger partial charge in [-0.25, -0.2) is 4.79 Å². The van der Waals surface area contributed by atoms with Crippen molar-refractivity contribution in [1.29, 1.82) is 0 Å². The molecule has 0 bridgehead atoms. The van der Waals surface area contributed by atoms with Crippen LogP contribution in [0.2, 0.25) is 0 Å². The number of esters is 1. The smallest absolute Gasteiger partial charge is 0.341 e. The molecule has 0 aliphatic heterocycles. The molecule has 0 fully saturated rings. The normalized spacial score (nSPS) is 15.4. The van der Waals surface area contributed by atoms with E-state index in [1.54, 1.807) is 6.92 Å². The van der Waals surface area contributed by atoms with Crippen LogP contribution >= 0.6 is 11.3 Å². The number of thiophene rings is 1. The second-order valence-corrected chi connectivity index (χ2v) is 5.26. The molecule has 1 aromatic rings. The first-order valence-corrected chi connectivity index (χ1v) is 7.02. The van der Waals surface area contributed by atoms with E-state index in [4.69, 9.17) is 10.6 Å². The molecule has 6 heteroatoms. The van der Waals surface area contributed by atoms with Crippen LogP contribution in [0.15, 0.2) is 10.3 Å². The van der Waals surface area contributed by atoms with Crippen LogP contribution in [0.5, 0.6) is 0 Å². The molecule has 0 atom stereocenters. The van der Waals surface area contributed by atoms with Gasteiger partial charge in [0.25, 0.3) is 0 Å². The van der Waals surface area contributed by atoms with Crippen molar-refractivity contribution in [3.63, 3.8) is 0 Å². The molecular weight excluding hydrogens is 250 g/mol. The third kappa shape index (κ3) is 2.53. The lowest BCUT2D eigenvalue weighted by Gasteiger charge is -2.04. The van der Waals surface area contributed by atoms with Crippen LogP contribution in [-0.2, 0) is 17.6 Å². The third-order valence-corrected chi connectivity index (χ3v) is 4.21. The molecule has 0 unspecified atom stereocenters. The van der Waals surface area contributed by atoms with Gasteiger partial charge in [-0.05, 0) is 38.2 Å². The van der Waals surface area contributed by atoms with Gasteiger partial charge < -0.3 is 10.6 Å². The Morgan fingerprint density at radius 2 is 2.17 bits per heavy atom. The molecule has 0 aromatic carbocycles. The van der Waals surface area contributed by atoms with Gasteiger partial charge in [0, 0.05) is 4.88 Å². The number of ether oxygens (including phenoxy) is 1. The van der Waals surface area contributed by atoms with Crippen LogP contribution in [0.3, 0.4) is 0 Å². The minimum atomic E-state index is -0.306. The second kappa shape index (κ2) is 5.95. The third-order valence-electron chi connectivity index (χ3n) is 3.03. The number of rotatable bonds is 3. The topological polar surface area (TPSA) is 77.0 Å². The summed E-state index contributed by atoms with van der Waals surface area (Å²) in [5.41, 5.74) is 1.67. The molecule has 18 heavy (non-hydrogen) atoms. The molecule has 1 aromatic heterocycles. The van der Waals surface area contributed by atoms with E-state index in [2.05, 4.69) is 10.3 Å². The van der Waals surface area contributed by atoms with Gasteiger partial charge >= 0.3 is 5.97 Å². The van der Waals surface area contributed by atoms with E-state index >= 15 is 0 Å². The Hall–Kier alpha value is -1.43. The molecule has 1 heterocycles. The van der Waals surface area contributed by atoms with E-state index in [1.807, 2.05) is 0 Å². The molecular formula is C12H17N3O2S. The van der Waals surface area contributed by atoms with Crippen molar-refractivity contribution in [1.82, 2.24) is 0 Å². The standard InChI is InChI=1S/C12H17N3O2S/c1-2-17-12(16)10-8-6-4-3-5-7-9(8)18-11(10)14-15-13/h2-7H2,1H3,(H2,13,14). The maximum atomic E-state index is 12.0. The van der Waals surface area contributed by atoms with E-state index in [-0.39, 0.29) is 5.97 Å². The van der Waals surface area contributed by atoms with E-state index in [9.17, 15) is 4.79 Å². The van der Waals surface area contributed by atoms with Crippen LogP contribution < -0.4 is 5.84 Å². The fourth-order valence-corrected chi connectivity index (χ4v) is 3.47. The van der Waals surface area contributed by atoms with Crippen LogP contribution in [0.4, 0.5) is 5.00 Å². The molecule has 1 aliphatic rings. The number of aryl methyl sites for hydroxylation is 1. The quantitative estimate of drug-likeness (QED) is 0.300. The van der Waals surface area contributed by atoms with Gasteiger partial charge in [-0.2, -0.15) is 0 Å². The summed E-state index contributed by atoms with van der Waals surface area (Å²) < 4.78 is 5.11. The molecule has 0 spiro atoms. The summed E-state index contributed by atoms with van der Waals surface area (Å²) in [5.74, 6) is 4.80. The zero-order valence-electron chi connectivity index (χ0n) is 10.4. The summed E-state index contributed by atoms with van der Waals surface area (Å²) in [6, 6.07) is 0. The highest BCUT2D eigenvalue weighted by atomic mass is 32.1. The van der Waals surface area contributed by atoms with Crippen LogP contribution in [0, 0.1) is 0 Å². The highest BCUT2D eigenvalue weighted by Gasteiger charge is 2.25. The summed E-state index contributed by atoms with van der Waals surface area (Å²) in [6.07, 6.45) is 5.40. The molecule has 0 radical (unpaired) electrons. The van der Waals surface area contributed by atoms with Gasteiger partial charge in [-0.15, -0.1) is 16.5 Å². The number of carbonyl (C=O) groups excluding carboxylic acids is 1. The van der Waals surface area contributed by atoms with Gasteiger partial charge in [0.15, 0.2) is 5.00 Å². The number of carbonyl (C=O) groups is 1. The number of hydrogen-bond donors (Lipinski definition) is 1. The predicted molar refractivity (Wildman–Crippen MR) is 70.2 cm³/mol. The first-order chi connectivity index (χ1) is 8.77. The van der Waals surface area contributed by atoms with Gasteiger partial charge in [-0.3, -0.25) is 0 Å². The molecule has 2 N–H and O–H groups in total. The van der Waals surface area contributed by atoms with E-state index in [0.717, 1.165) is 31.2 Å². The Kier molecular flexibility index (Phi) is 4.30. The van der Waals surface area contributed by atoms with Crippen molar-refractivity contribution >= 4 is 22.3 Å². The average Bonchev–Trinajstić information content (AvgIpc) is 2.53. The molecule has 0 amide bonds. The SMILES string of the molecule is CCOC(=O)c1c(N=NN)sc2c1CCCCC2. The average molecular weight is 267 g/mol. The van der Waals surface area contributed by atoms with Crippen LogP contribution in [0.1, 0.15) is 47.0 Å². The van der Waals surface area contributed by atoms with Gasteiger partial charge in [0.05, 0.1) is 6.61 Å². The van der Waals surface area contributed by atoms with Crippen molar-refractivity contribution in [2.75, 3.05) is 6.61 Å². The van der Waals surface area contributed by atoms with Crippen molar-refractivity contribution in [2.24, 2.45) is 16.2 Å². The number of nitrogens with two attached hydrogens (primary N) is 1. The minimum Gasteiger partial charge on any atom is -0.462 e. The zero-order chi connectivity index (χ0) is 13.0. The fourth-order valence-electron chi connectivity index (χ4n) is 2.26. The lowest BCUT2D eigenvalue weighted by molar-refractivity contribution is 0.0526. The number of nitrogens with zero attached hydrogens (tertiary/aromatic N) is 2. The summed E-state index contributed by atoms with van der Waals surface area (Å²) in [6.45, 7) is 2.16. The number of hydrogen-bond acceptors (Lipinski definition) is 5. The second-order valence-electron chi connectivity index (χ2n) is 4.18. The van der Waals surface area contributed by atoms with Gasteiger partial charge in [-0.1, -0.05) is 11.6 Å². The Balaban J connectivity index is 2.45. The lowest BCUT2D eigenvalue weighted by Crippen LogP contribution is -2.07. The predicted octanol–water partition coefficient (Wildman–Crippen LogP) is 3.15. The Morgan fingerprint density at radius 3 is 2.89 bits per heavy atom. The molecule has 98 valence electrons. The van der Waals surface area contributed by atoms with Crippen LogP contribution in [0.25, 0.3) is 0 Å².